The number of likely N-dealkylation sites (tertiary alicyclic amines) is 1. The molecule has 1 aliphatic rings. The van der Waals surface area contributed by atoms with Crippen LogP contribution >= 0.6 is 0 Å². The fourth-order valence-corrected chi connectivity index (χ4v) is 2.11. The Balaban J connectivity index is 2.44. The number of hydrogen-bond acceptors (Lipinski definition) is 3. The number of carboxylic acids is 1. The minimum atomic E-state index is -0.967. The zero-order valence-electron chi connectivity index (χ0n) is 9.35. The predicted molar refractivity (Wildman–Crippen MR) is 61.1 cm³/mol. The van der Waals surface area contributed by atoms with E-state index in [4.69, 9.17) is 22.0 Å². The van der Waals surface area contributed by atoms with Gasteiger partial charge in [-0.2, -0.15) is 0 Å². The van der Waals surface area contributed by atoms with Gasteiger partial charge in [0.15, 0.2) is 5.96 Å². The molecule has 0 saturated carbocycles. The second-order valence-corrected chi connectivity index (χ2v) is 4.25. The smallest absolute Gasteiger partial charge is 0.320 e. The summed E-state index contributed by atoms with van der Waals surface area (Å²) in [6, 6.07) is -0.632. The van der Waals surface area contributed by atoms with E-state index in [-0.39, 0.29) is 12.0 Å². The van der Waals surface area contributed by atoms with Gasteiger partial charge in [-0.05, 0) is 32.1 Å². The van der Waals surface area contributed by atoms with Gasteiger partial charge in [0.25, 0.3) is 0 Å². The third-order valence-electron chi connectivity index (χ3n) is 3.06. The fraction of sp³-hybridized carbons (Fsp3) is 0.800. The lowest BCUT2D eigenvalue weighted by Crippen LogP contribution is -2.47. The molecule has 0 aliphatic carbocycles. The largest absolute Gasteiger partial charge is 0.480 e. The van der Waals surface area contributed by atoms with Gasteiger partial charge in [-0.15, -0.1) is 0 Å². The van der Waals surface area contributed by atoms with Crippen molar-refractivity contribution in [1.82, 2.24) is 4.90 Å². The lowest BCUT2D eigenvalue weighted by atomic mass is 9.96. The van der Waals surface area contributed by atoms with Crippen LogP contribution < -0.4 is 11.5 Å². The minimum absolute atomic E-state index is 0.0774. The quantitative estimate of drug-likeness (QED) is 0.397. The lowest BCUT2D eigenvalue weighted by Gasteiger charge is -2.36. The maximum absolute atomic E-state index is 10.6. The third kappa shape index (κ3) is 3.37. The van der Waals surface area contributed by atoms with Crippen LogP contribution in [0.3, 0.4) is 0 Å². The molecule has 6 heteroatoms. The summed E-state index contributed by atoms with van der Waals surface area (Å²) in [6.45, 7) is 0.794. The summed E-state index contributed by atoms with van der Waals surface area (Å²) in [6.07, 6.45) is 4.24. The van der Waals surface area contributed by atoms with E-state index >= 15 is 0 Å². The van der Waals surface area contributed by atoms with Crippen molar-refractivity contribution in [2.24, 2.45) is 11.5 Å². The van der Waals surface area contributed by atoms with E-state index in [2.05, 4.69) is 0 Å². The molecule has 0 radical (unpaired) electrons. The van der Waals surface area contributed by atoms with E-state index < -0.39 is 12.0 Å². The average Bonchev–Trinajstić information content (AvgIpc) is 2.25. The van der Waals surface area contributed by atoms with E-state index in [1.165, 1.54) is 0 Å². The van der Waals surface area contributed by atoms with Crippen molar-refractivity contribution in [3.05, 3.63) is 0 Å². The topological polar surface area (TPSA) is 116 Å². The molecule has 0 aromatic rings. The summed E-state index contributed by atoms with van der Waals surface area (Å²) in [7, 11) is 0. The summed E-state index contributed by atoms with van der Waals surface area (Å²) in [5, 5.41) is 16.1. The number of rotatable bonds is 4. The number of nitrogens with one attached hydrogen (secondary N) is 1. The van der Waals surface area contributed by atoms with Gasteiger partial charge in [-0.3, -0.25) is 10.2 Å². The monoisotopic (exact) mass is 228 g/mol. The van der Waals surface area contributed by atoms with Gasteiger partial charge >= 0.3 is 5.97 Å². The van der Waals surface area contributed by atoms with Crippen molar-refractivity contribution < 1.29 is 9.90 Å². The van der Waals surface area contributed by atoms with Crippen LogP contribution in [-0.4, -0.2) is 40.6 Å². The highest BCUT2D eigenvalue weighted by Crippen LogP contribution is 2.20. The zero-order chi connectivity index (χ0) is 12.1. The SMILES string of the molecule is N=C(N)N1CCCCC1CC[C@H](N)C(=O)O. The van der Waals surface area contributed by atoms with Crippen LogP contribution in [0.15, 0.2) is 0 Å². The number of carboxylic acid groups (broad SMARTS) is 1. The molecule has 2 atom stereocenters. The van der Waals surface area contributed by atoms with Crippen LogP contribution in [0, 0.1) is 5.41 Å². The van der Waals surface area contributed by atoms with E-state index in [1.807, 2.05) is 4.90 Å². The number of piperidine rings is 1. The van der Waals surface area contributed by atoms with E-state index in [9.17, 15) is 4.79 Å². The van der Waals surface area contributed by atoms with Crippen LogP contribution in [0.2, 0.25) is 0 Å². The Kier molecular flexibility index (Phi) is 4.54. The number of carbonyl (C=O) groups is 1. The Labute approximate surface area is 95.1 Å². The Bertz CT molecular complexity index is 270. The molecule has 0 aromatic heterocycles. The predicted octanol–water partition coefficient (Wildman–Crippen LogP) is -0.0735. The third-order valence-corrected chi connectivity index (χ3v) is 3.06. The highest BCUT2D eigenvalue weighted by molar-refractivity contribution is 5.75. The Morgan fingerprint density at radius 2 is 2.25 bits per heavy atom. The number of hydrogen-bond donors (Lipinski definition) is 4. The fourth-order valence-electron chi connectivity index (χ4n) is 2.11. The standard InChI is InChI=1S/C10H20N4O2/c11-8(9(15)16)5-4-7-3-1-2-6-14(7)10(12)13/h7-8H,1-6,11H2,(H3,12,13)(H,15,16)/t7?,8-/m0/s1. The van der Waals surface area contributed by atoms with Crippen LogP contribution in [0.4, 0.5) is 0 Å². The molecule has 1 saturated heterocycles. The maximum atomic E-state index is 10.6. The Hall–Kier alpha value is -1.30. The summed E-state index contributed by atoms with van der Waals surface area (Å²) < 4.78 is 0. The molecule has 0 spiro atoms. The average molecular weight is 228 g/mol. The molecule has 0 aromatic carbocycles. The maximum Gasteiger partial charge on any atom is 0.320 e. The first-order chi connectivity index (χ1) is 7.52. The van der Waals surface area contributed by atoms with Crippen LogP contribution in [-0.2, 0) is 4.79 Å². The first-order valence-electron chi connectivity index (χ1n) is 5.61. The van der Waals surface area contributed by atoms with Crippen molar-refractivity contribution in [3.8, 4) is 0 Å². The summed E-state index contributed by atoms with van der Waals surface area (Å²) in [4.78, 5) is 12.4. The van der Waals surface area contributed by atoms with Gasteiger partial charge in [0.1, 0.15) is 6.04 Å². The molecule has 0 amide bonds. The Morgan fingerprint density at radius 3 is 2.81 bits per heavy atom. The number of aliphatic carboxylic acids is 1. The molecule has 16 heavy (non-hydrogen) atoms. The minimum Gasteiger partial charge on any atom is -0.480 e. The molecule has 1 heterocycles. The van der Waals surface area contributed by atoms with Crippen molar-refractivity contribution in [3.63, 3.8) is 0 Å². The second kappa shape index (κ2) is 5.69. The summed E-state index contributed by atoms with van der Waals surface area (Å²) in [5.74, 6) is -0.890. The van der Waals surface area contributed by atoms with E-state index in [0.29, 0.717) is 12.8 Å². The molecule has 92 valence electrons. The molecule has 1 aliphatic heterocycles. The molecule has 0 bridgehead atoms. The van der Waals surface area contributed by atoms with Gasteiger partial charge in [0, 0.05) is 12.6 Å². The lowest BCUT2D eigenvalue weighted by molar-refractivity contribution is -0.138. The summed E-state index contributed by atoms with van der Waals surface area (Å²) >= 11 is 0. The van der Waals surface area contributed by atoms with E-state index in [1.54, 1.807) is 0 Å². The molecule has 6 N–H and O–H groups in total. The summed E-state index contributed by atoms with van der Waals surface area (Å²) in [5.41, 5.74) is 10.9. The molecule has 1 rings (SSSR count). The van der Waals surface area contributed by atoms with Gasteiger partial charge in [-0.25, -0.2) is 0 Å². The number of guanidine groups is 1. The molecule has 6 nitrogen and oxygen atoms in total. The van der Waals surface area contributed by atoms with Gasteiger partial charge in [0.05, 0.1) is 0 Å². The van der Waals surface area contributed by atoms with Gasteiger partial charge in [-0.1, -0.05) is 0 Å². The van der Waals surface area contributed by atoms with Crippen LogP contribution in [0.5, 0.6) is 0 Å². The molecular formula is C10H20N4O2. The van der Waals surface area contributed by atoms with Crippen molar-refractivity contribution >= 4 is 11.9 Å². The first kappa shape index (κ1) is 12.8. The normalized spacial score (nSPS) is 22.8. The highest BCUT2D eigenvalue weighted by Gasteiger charge is 2.24. The number of nitrogens with zero attached hydrogens (tertiary/aromatic N) is 1. The zero-order valence-corrected chi connectivity index (χ0v) is 9.35. The highest BCUT2D eigenvalue weighted by atomic mass is 16.4. The van der Waals surface area contributed by atoms with E-state index in [0.717, 1.165) is 25.8 Å². The van der Waals surface area contributed by atoms with Crippen LogP contribution in [0.25, 0.3) is 0 Å². The Morgan fingerprint density at radius 1 is 1.56 bits per heavy atom. The van der Waals surface area contributed by atoms with Crippen molar-refractivity contribution in [1.29, 1.82) is 5.41 Å². The first-order valence-corrected chi connectivity index (χ1v) is 5.61. The van der Waals surface area contributed by atoms with Crippen molar-refractivity contribution in [2.45, 2.75) is 44.2 Å². The van der Waals surface area contributed by atoms with Crippen molar-refractivity contribution in [2.75, 3.05) is 6.54 Å². The second-order valence-electron chi connectivity index (χ2n) is 4.25. The van der Waals surface area contributed by atoms with Crippen LogP contribution in [0.1, 0.15) is 32.1 Å². The van der Waals surface area contributed by atoms with Gasteiger partial charge in [0.2, 0.25) is 0 Å². The molecule has 1 unspecified atom stereocenters. The van der Waals surface area contributed by atoms with Gasteiger partial charge < -0.3 is 21.5 Å². The molecule has 1 fully saturated rings. The molecular weight excluding hydrogens is 208 g/mol. The number of nitrogens with two attached hydrogens (primary N) is 2.